The van der Waals surface area contributed by atoms with Crippen LogP contribution in [0.3, 0.4) is 0 Å². The van der Waals surface area contributed by atoms with Crippen molar-refractivity contribution in [3.63, 3.8) is 0 Å². The molecule has 0 saturated carbocycles. The molecule has 1 aromatic rings. The van der Waals surface area contributed by atoms with Crippen molar-refractivity contribution in [1.29, 1.82) is 0 Å². The van der Waals surface area contributed by atoms with Gasteiger partial charge in [0.1, 0.15) is 5.75 Å². The molecular formula is C11H14O4S. The summed E-state index contributed by atoms with van der Waals surface area (Å²) >= 11 is 0. The minimum Gasteiger partial charge on any atom is -0.497 e. The lowest BCUT2D eigenvalue weighted by Gasteiger charge is -1.99. The minimum absolute atomic E-state index is 0.134. The molecule has 0 N–H and O–H groups in total. The first kappa shape index (κ1) is 12.7. The van der Waals surface area contributed by atoms with Crippen molar-refractivity contribution >= 4 is 16.2 Å². The van der Waals surface area contributed by atoms with Crippen molar-refractivity contribution in [2.75, 3.05) is 13.7 Å². The summed E-state index contributed by atoms with van der Waals surface area (Å²) in [4.78, 5) is 0. The number of rotatable bonds is 5. The van der Waals surface area contributed by atoms with E-state index in [1.165, 1.54) is 6.08 Å². The van der Waals surface area contributed by atoms with Gasteiger partial charge in [0.2, 0.25) is 0 Å². The third kappa shape index (κ3) is 4.04. The molecule has 1 aromatic carbocycles. The van der Waals surface area contributed by atoms with E-state index in [1.807, 2.05) is 0 Å². The second kappa shape index (κ2) is 5.67. The number of hydrogen-bond acceptors (Lipinski definition) is 4. The van der Waals surface area contributed by atoms with Gasteiger partial charge in [0, 0.05) is 0 Å². The lowest BCUT2D eigenvalue weighted by molar-refractivity contribution is 0.345. The SMILES string of the molecule is CCOS(=O)(=O)/C=C/c1ccc(OC)cc1. The van der Waals surface area contributed by atoms with Crippen LogP contribution in [0.1, 0.15) is 12.5 Å². The molecule has 4 nitrogen and oxygen atoms in total. The highest BCUT2D eigenvalue weighted by atomic mass is 32.2. The molecule has 1 rings (SSSR count). The molecule has 0 aromatic heterocycles. The molecule has 0 amide bonds. The summed E-state index contributed by atoms with van der Waals surface area (Å²) in [7, 11) is -1.98. The number of hydrogen-bond donors (Lipinski definition) is 0. The van der Waals surface area contributed by atoms with Gasteiger partial charge in [-0.2, -0.15) is 8.42 Å². The average molecular weight is 242 g/mol. The van der Waals surface area contributed by atoms with Crippen molar-refractivity contribution in [1.82, 2.24) is 0 Å². The molecule has 16 heavy (non-hydrogen) atoms. The van der Waals surface area contributed by atoms with Gasteiger partial charge < -0.3 is 4.74 Å². The molecule has 0 atom stereocenters. The Morgan fingerprint density at radius 1 is 1.25 bits per heavy atom. The van der Waals surface area contributed by atoms with E-state index in [9.17, 15) is 8.42 Å². The second-order valence-corrected chi connectivity index (χ2v) is 4.47. The van der Waals surface area contributed by atoms with E-state index in [0.29, 0.717) is 0 Å². The first-order valence-corrected chi connectivity index (χ1v) is 6.26. The van der Waals surface area contributed by atoms with E-state index >= 15 is 0 Å². The van der Waals surface area contributed by atoms with Gasteiger partial charge in [0.25, 0.3) is 10.1 Å². The fourth-order valence-electron chi connectivity index (χ4n) is 1.08. The maximum Gasteiger partial charge on any atom is 0.290 e. The number of methoxy groups -OCH3 is 1. The van der Waals surface area contributed by atoms with Gasteiger partial charge in [0.05, 0.1) is 19.1 Å². The Labute approximate surface area is 95.6 Å². The van der Waals surface area contributed by atoms with Gasteiger partial charge in [-0.15, -0.1) is 0 Å². The fraction of sp³-hybridized carbons (Fsp3) is 0.273. The Morgan fingerprint density at radius 3 is 2.38 bits per heavy atom. The molecule has 0 bridgehead atoms. The zero-order chi connectivity index (χ0) is 12.0. The van der Waals surface area contributed by atoms with Crippen LogP contribution in [0.15, 0.2) is 29.7 Å². The Morgan fingerprint density at radius 2 is 1.88 bits per heavy atom. The van der Waals surface area contributed by atoms with Crippen molar-refractivity contribution in [3.05, 3.63) is 35.2 Å². The van der Waals surface area contributed by atoms with E-state index in [2.05, 4.69) is 4.18 Å². The third-order valence-electron chi connectivity index (χ3n) is 1.83. The molecule has 0 aliphatic rings. The van der Waals surface area contributed by atoms with E-state index in [4.69, 9.17) is 4.74 Å². The smallest absolute Gasteiger partial charge is 0.290 e. The number of ether oxygens (including phenoxy) is 1. The van der Waals surface area contributed by atoms with Crippen LogP contribution in [-0.2, 0) is 14.3 Å². The largest absolute Gasteiger partial charge is 0.497 e. The first-order chi connectivity index (χ1) is 7.57. The zero-order valence-corrected chi connectivity index (χ0v) is 10.0. The zero-order valence-electron chi connectivity index (χ0n) is 9.21. The first-order valence-electron chi connectivity index (χ1n) is 4.79. The normalized spacial score (nSPS) is 11.9. The molecule has 0 unspecified atom stereocenters. The summed E-state index contributed by atoms with van der Waals surface area (Å²) in [6.07, 6.45) is 1.48. The van der Waals surface area contributed by atoms with E-state index in [-0.39, 0.29) is 6.61 Å². The molecule has 0 radical (unpaired) electrons. The summed E-state index contributed by atoms with van der Waals surface area (Å²) in [6, 6.07) is 7.04. The molecule has 0 fully saturated rings. The van der Waals surface area contributed by atoms with Crippen molar-refractivity contribution < 1.29 is 17.3 Å². The van der Waals surface area contributed by atoms with Gasteiger partial charge in [-0.1, -0.05) is 12.1 Å². The molecule has 0 aliphatic heterocycles. The Balaban J connectivity index is 2.76. The highest BCUT2D eigenvalue weighted by molar-refractivity contribution is 7.89. The quantitative estimate of drug-likeness (QED) is 0.741. The topological polar surface area (TPSA) is 52.6 Å². The standard InChI is InChI=1S/C11H14O4S/c1-3-15-16(12,13)9-8-10-4-6-11(14-2)7-5-10/h4-9H,3H2,1-2H3/b9-8+. The predicted molar refractivity (Wildman–Crippen MR) is 62.6 cm³/mol. The van der Waals surface area contributed by atoms with Crippen molar-refractivity contribution in [2.45, 2.75) is 6.92 Å². The predicted octanol–water partition coefficient (Wildman–Crippen LogP) is 2.03. The Kier molecular flexibility index (Phi) is 4.52. The molecule has 0 spiro atoms. The fourth-order valence-corrected chi connectivity index (χ4v) is 1.81. The summed E-state index contributed by atoms with van der Waals surface area (Å²) < 4.78 is 31.9. The van der Waals surface area contributed by atoms with Crippen LogP contribution in [-0.4, -0.2) is 22.1 Å². The van der Waals surface area contributed by atoms with Crippen LogP contribution < -0.4 is 4.74 Å². The van der Waals surface area contributed by atoms with Crippen LogP contribution in [0, 0.1) is 0 Å². The summed E-state index contributed by atoms with van der Waals surface area (Å²) in [5, 5.41) is 1.04. The molecule has 0 aliphatic carbocycles. The van der Waals surface area contributed by atoms with Crippen LogP contribution in [0.4, 0.5) is 0 Å². The molecule has 0 saturated heterocycles. The Bertz CT molecular complexity index is 445. The van der Waals surface area contributed by atoms with Crippen LogP contribution in [0.25, 0.3) is 6.08 Å². The lowest BCUT2D eigenvalue weighted by Crippen LogP contribution is -2.00. The van der Waals surface area contributed by atoms with Crippen molar-refractivity contribution in [3.8, 4) is 5.75 Å². The van der Waals surface area contributed by atoms with E-state index < -0.39 is 10.1 Å². The van der Waals surface area contributed by atoms with Crippen molar-refractivity contribution in [2.24, 2.45) is 0 Å². The molecule has 88 valence electrons. The van der Waals surface area contributed by atoms with E-state index in [0.717, 1.165) is 16.7 Å². The maximum absolute atomic E-state index is 11.2. The highest BCUT2D eigenvalue weighted by Crippen LogP contribution is 2.13. The number of benzene rings is 1. The van der Waals surface area contributed by atoms with Gasteiger partial charge in [-0.05, 0) is 30.7 Å². The van der Waals surface area contributed by atoms with Crippen LogP contribution in [0.2, 0.25) is 0 Å². The average Bonchev–Trinajstić information content (AvgIpc) is 2.27. The summed E-state index contributed by atoms with van der Waals surface area (Å²) in [5.74, 6) is 0.727. The third-order valence-corrected chi connectivity index (χ3v) is 2.86. The second-order valence-electron chi connectivity index (χ2n) is 2.98. The van der Waals surface area contributed by atoms with Gasteiger partial charge >= 0.3 is 0 Å². The maximum atomic E-state index is 11.2. The molecule has 5 heteroatoms. The lowest BCUT2D eigenvalue weighted by atomic mass is 10.2. The highest BCUT2D eigenvalue weighted by Gasteiger charge is 2.03. The van der Waals surface area contributed by atoms with Gasteiger partial charge in [-0.25, -0.2) is 0 Å². The van der Waals surface area contributed by atoms with E-state index in [1.54, 1.807) is 38.3 Å². The van der Waals surface area contributed by atoms with Gasteiger partial charge in [-0.3, -0.25) is 4.18 Å². The monoisotopic (exact) mass is 242 g/mol. The summed E-state index contributed by atoms with van der Waals surface area (Å²) in [6.45, 7) is 1.76. The molecule has 0 heterocycles. The summed E-state index contributed by atoms with van der Waals surface area (Å²) in [5.41, 5.74) is 0.768. The van der Waals surface area contributed by atoms with Crippen LogP contribution in [0.5, 0.6) is 5.75 Å². The molecular weight excluding hydrogens is 228 g/mol. The van der Waals surface area contributed by atoms with Gasteiger partial charge in [0.15, 0.2) is 0 Å². The van der Waals surface area contributed by atoms with Crippen LogP contribution >= 0.6 is 0 Å². The Hall–Kier alpha value is -1.33. The minimum atomic E-state index is -3.56.